The molecule has 86 valence electrons. The summed E-state index contributed by atoms with van der Waals surface area (Å²) in [6.07, 6.45) is 0.433. The van der Waals surface area contributed by atoms with Gasteiger partial charge in [0.15, 0.2) is 0 Å². The number of anilines is 1. The fourth-order valence-corrected chi connectivity index (χ4v) is 2.23. The first kappa shape index (κ1) is 11.9. The number of hydrogen-bond donors (Lipinski definition) is 0. The number of carbonyl (C=O) groups is 1. The summed E-state index contributed by atoms with van der Waals surface area (Å²) in [5, 5.41) is 0.252. The maximum atomic E-state index is 11.7. The Morgan fingerprint density at radius 3 is 2.75 bits per heavy atom. The van der Waals surface area contributed by atoms with Gasteiger partial charge in [0.2, 0.25) is 11.2 Å². The lowest BCUT2D eigenvalue weighted by Gasteiger charge is -2.15. The zero-order chi connectivity index (χ0) is 11.7. The molecule has 7 heteroatoms. The van der Waals surface area contributed by atoms with Crippen LogP contribution in [0.3, 0.4) is 0 Å². The van der Waals surface area contributed by atoms with Gasteiger partial charge in [0, 0.05) is 24.9 Å². The minimum atomic E-state index is -0.0171. The molecule has 0 spiro atoms. The molecule has 1 amide bonds. The Morgan fingerprint density at radius 1 is 1.44 bits per heavy atom. The van der Waals surface area contributed by atoms with E-state index in [2.05, 4.69) is 9.97 Å². The molecule has 16 heavy (non-hydrogen) atoms. The molecule has 1 aliphatic heterocycles. The number of aromatic nitrogens is 2. The molecule has 2 rings (SSSR count). The van der Waals surface area contributed by atoms with Crippen molar-refractivity contribution >= 4 is 46.5 Å². The molecule has 2 heterocycles. The molecule has 1 aromatic rings. The number of nitrogens with zero attached hydrogens (tertiary/aromatic N) is 3. The number of rotatable bonds is 2. The van der Waals surface area contributed by atoms with Crippen LogP contribution in [0.25, 0.3) is 0 Å². The SMILES string of the molecule is O=C1CC(CCl)CN1c1cc(Cl)nc(Cl)n1. The third kappa shape index (κ3) is 2.39. The Bertz CT molecular complexity index is 406. The number of amides is 1. The Balaban J connectivity index is 2.27. The molecule has 1 unspecified atom stereocenters. The first-order valence-corrected chi connectivity index (χ1v) is 5.95. The monoisotopic (exact) mass is 279 g/mol. The Hall–Kier alpha value is -0.580. The molecule has 0 saturated carbocycles. The van der Waals surface area contributed by atoms with Crippen LogP contribution < -0.4 is 4.90 Å². The third-order valence-corrected chi connectivity index (χ3v) is 3.15. The Kier molecular flexibility index (Phi) is 3.52. The average Bonchev–Trinajstić information content (AvgIpc) is 2.58. The van der Waals surface area contributed by atoms with E-state index in [0.717, 1.165) is 0 Å². The molecule has 1 aromatic heterocycles. The zero-order valence-corrected chi connectivity index (χ0v) is 10.4. The fraction of sp³-hybridized carbons (Fsp3) is 0.444. The summed E-state index contributed by atoms with van der Waals surface area (Å²) >= 11 is 17.1. The minimum Gasteiger partial charge on any atom is -0.296 e. The predicted molar refractivity (Wildman–Crippen MR) is 63.2 cm³/mol. The third-order valence-electron chi connectivity index (χ3n) is 2.35. The van der Waals surface area contributed by atoms with Crippen LogP contribution in [-0.4, -0.2) is 28.3 Å². The quantitative estimate of drug-likeness (QED) is 0.475. The van der Waals surface area contributed by atoms with Crippen molar-refractivity contribution < 1.29 is 4.79 Å². The molecule has 1 aliphatic rings. The first-order valence-electron chi connectivity index (χ1n) is 4.66. The average molecular weight is 281 g/mol. The molecule has 1 atom stereocenters. The second-order valence-electron chi connectivity index (χ2n) is 3.55. The van der Waals surface area contributed by atoms with Gasteiger partial charge in [-0.3, -0.25) is 9.69 Å². The fourth-order valence-electron chi connectivity index (χ4n) is 1.62. The van der Waals surface area contributed by atoms with Gasteiger partial charge in [-0.05, 0) is 17.5 Å². The van der Waals surface area contributed by atoms with Crippen molar-refractivity contribution in [2.45, 2.75) is 6.42 Å². The van der Waals surface area contributed by atoms with E-state index in [1.807, 2.05) is 0 Å². The molecule has 0 bridgehead atoms. The van der Waals surface area contributed by atoms with Crippen LogP contribution >= 0.6 is 34.8 Å². The number of hydrogen-bond acceptors (Lipinski definition) is 3. The van der Waals surface area contributed by atoms with Gasteiger partial charge in [-0.15, -0.1) is 11.6 Å². The van der Waals surface area contributed by atoms with Crippen molar-refractivity contribution in [3.8, 4) is 0 Å². The van der Waals surface area contributed by atoms with Crippen LogP contribution in [0.1, 0.15) is 6.42 Å². The van der Waals surface area contributed by atoms with Crippen molar-refractivity contribution in [3.05, 3.63) is 16.5 Å². The summed E-state index contributed by atoms with van der Waals surface area (Å²) in [5.41, 5.74) is 0. The van der Waals surface area contributed by atoms with E-state index in [1.165, 1.54) is 11.0 Å². The van der Waals surface area contributed by atoms with E-state index in [9.17, 15) is 4.79 Å². The summed E-state index contributed by atoms with van der Waals surface area (Å²) in [7, 11) is 0. The van der Waals surface area contributed by atoms with E-state index in [-0.39, 0.29) is 22.3 Å². The molecular weight excluding hydrogens is 272 g/mol. The van der Waals surface area contributed by atoms with Gasteiger partial charge in [0.05, 0.1) is 0 Å². The number of alkyl halides is 1. The topological polar surface area (TPSA) is 46.1 Å². The van der Waals surface area contributed by atoms with Gasteiger partial charge >= 0.3 is 0 Å². The van der Waals surface area contributed by atoms with E-state index < -0.39 is 0 Å². The highest BCUT2D eigenvalue weighted by molar-refractivity contribution is 6.32. The van der Waals surface area contributed by atoms with Crippen LogP contribution in [0.4, 0.5) is 5.82 Å². The second-order valence-corrected chi connectivity index (χ2v) is 4.58. The van der Waals surface area contributed by atoms with E-state index >= 15 is 0 Å². The summed E-state index contributed by atoms with van der Waals surface area (Å²) in [4.78, 5) is 20.9. The predicted octanol–water partition coefficient (Wildman–Crippen LogP) is 2.38. The van der Waals surface area contributed by atoms with Crippen molar-refractivity contribution in [1.29, 1.82) is 0 Å². The summed E-state index contributed by atoms with van der Waals surface area (Å²) in [6.45, 7) is 0.548. The highest BCUT2D eigenvalue weighted by Gasteiger charge is 2.31. The highest BCUT2D eigenvalue weighted by atomic mass is 35.5. The van der Waals surface area contributed by atoms with Crippen molar-refractivity contribution in [2.75, 3.05) is 17.3 Å². The summed E-state index contributed by atoms with van der Waals surface area (Å²) in [6, 6.07) is 1.52. The largest absolute Gasteiger partial charge is 0.296 e. The Morgan fingerprint density at radius 2 is 2.19 bits per heavy atom. The van der Waals surface area contributed by atoms with Gasteiger partial charge in [-0.25, -0.2) is 9.97 Å². The summed E-state index contributed by atoms with van der Waals surface area (Å²) < 4.78 is 0. The smallest absolute Gasteiger partial charge is 0.228 e. The number of carbonyl (C=O) groups excluding carboxylic acids is 1. The summed E-state index contributed by atoms with van der Waals surface area (Å²) in [5.74, 6) is 1.02. The maximum absolute atomic E-state index is 11.7. The van der Waals surface area contributed by atoms with Gasteiger partial charge in [-0.1, -0.05) is 11.6 Å². The van der Waals surface area contributed by atoms with E-state index in [4.69, 9.17) is 34.8 Å². The van der Waals surface area contributed by atoms with E-state index in [0.29, 0.717) is 24.7 Å². The highest BCUT2D eigenvalue weighted by Crippen LogP contribution is 2.26. The zero-order valence-electron chi connectivity index (χ0n) is 8.16. The molecule has 0 aromatic carbocycles. The lowest BCUT2D eigenvalue weighted by atomic mass is 10.2. The molecule has 1 fully saturated rings. The van der Waals surface area contributed by atoms with Crippen molar-refractivity contribution in [2.24, 2.45) is 5.92 Å². The molecule has 1 saturated heterocycles. The van der Waals surface area contributed by atoms with Crippen LogP contribution in [0.15, 0.2) is 6.07 Å². The normalized spacial score (nSPS) is 20.6. The maximum Gasteiger partial charge on any atom is 0.228 e. The van der Waals surface area contributed by atoms with Crippen LogP contribution in [0.2, 0.25) is 10.4 Å². The van der Waals surface area contributed by atoms with Crippen molar-refractivity contribution in [1.82, 2.24) is 9.97 Å². The van der Waals surface area contributed by atoms with Gasteiger partial charge in [-0.2, -0.15) is 0 Å². The molecule has 4 nitrogen and oxygen atoms in total. The van der Waals surface area contributed by atoms with E-state index in [1.54, 1.807) is 0 Å². The molecular formula is C9H8Cl3N3O. The van der Waals surface area contributed by atoms with Gasteiger partial charge in [0.25, 0.3) is 0 Å². The molecule has 0 aliphatic carbocycles. The van der Waals surface area contributed by atoms with Crippen LogP contribution in [0.5, 0.6) is 0 Å². The van der Waals surface area contributed by atoms with Gasteiger partial charge in [0.1, 0.15) is 11.0 Å². The Labute approximate surface area is 108 Å². The first-order chi connectivity index (χ1) is 7.60. The standard InChI is InChI=1S/C9H8Cl3N3O/c10-3-5-1-8(16)15(4-5)7-2-6(11)13-9(12)14-7/h2,5H,1,3-4H2. The second kappa shape index (κ2) is 4.73. The van der Waals surface area contributed by atoms with Gasteiger partial charge < -0.3 is 0 Å². The lowest BCUT2D eigenvalue weighted by Crippen LogP contribution is -2.25. The van der Waals surface area contributed by atoms with Crippen LogP contribution in [0, 0.1) is 5.92 Å². The minimum absolute atomic E-state index is 0.0171. The molecule has 0 N–H and O–H groups in total. The molecule has 0 radical (unpaired) electrons. The lowest BCUT2D eigenvalue weighted by molar-refractivity contribution is -0.117. The number of halogens is 3. The van der Waals surface area contributed by atoms with Crippen LogP contribution in [-0.2, 0) is 4.79 Å². The van der Waals surface area contributed by atoms with Crippen molar-refractivity contribution in [3.63, 3.8) is 0 Å².